The normalized spacial score (nSPS) is 16.0. The van der Waals surface area contributed by atoms with E-state index in [0.717, 1.165) is 29.7 Å². The predicted octanol–water partition coefficient (Wildman–Crippen LogP) is 9.90. The van der Waals surface area contributed by atoms with E-state index in [4.69, 9.17) is 74.3 Å². The third-order valence-electron chi connectivity index (χ3n) is 7.43. The smallest absolute Gasteiger partial charge is 0.311 e. The Balaban J connectivity index is 1.25. The Bertz CT molecular complexity index is 1640. The maximum absolute atomic E-state index is 12.5. The van der Waals surface area contributed by atoms with E-state index < -0.39 is 7.59 Å². The number of benzene rings is 2. The van der Waals surface area contributed by atoms with Crippen molar-refractivity contribution in [3.8, 4) is 17.1 Å². The SMILES string of the molecule is CN(CCCC(=O)Oc1ccc(-c2nc(C(Cl)(Cl)Cl)nc(C(Cl)(Cl)Cl)n2)cc1)c1ccc(C=CC=CC=C2CCC(C)(C)C2=O)cc1. The number of nitrogens with zero attached hydrogens (tertiary/aromatic N) is 4. The second-order valence-electron chi connectivity index (χ2n) is 11.6. The molecule has 47 heavy (non-hydrogen) atoms. The van der Waals surface area contributed by atoms with Crippen molar-refractivity contribution in [2.24, 2.45) is 5.41 Å². The van der Waals surface area contributed by atoms with Gasteiger partial charge in [-0.3, -0.25) is 9.59 Å². The molecule has 4 rings (SSSR count). The molecule has 0 radical (unpaired) electrons. The zero-order chi connectivity index (χ0) is 34.4. The second kappa shape index (κ2) is 15.7. The van der Waals surface area contributed by atoms with Gasteiger partial charge in [0.1, 0.15) is 5.75 Å². The van der Waals surface area contributed by atoms with Gasteiger partial charge in [-0.1, -0.05) is 126 Å². The molecular weight excluding hydrogens is 725 g/mol. The number of ketones is 1. The third kappa shape index (κ3) is 10.7. The Hall–Kier alpha value is -2.65. The molecular formula is C34H32Cl6N4O3. The highest BCUT2D eigenvalue weighted by Gasteiger charge is 2.36. The monoisotopic (exact) mass is 754 g/mol. The molecule has 0 bridgehead atoms. The van der Waals surface area contributed by atoms with Gasteiger partial charge in [0.05, 0.1) is 0 Å². The first-order valence-electron chi connectivity index (χ1n) is 14.6. The van der Waals surface area contributed by atoms with E-state index >= 15 is 0 Å². The standard InChI is InChI=1S/C34H32Cl6N4O3/c1-32(2)20-19-23(28(32)46)9-6-4-5-8-22-11-15-25(16-12-22)44(3)21-7-10-27(45)47-26-17-13-24(14-18-26)29-41-30(33(35,36)37)43-31(42-29)34(38,39)40/h4-6,8-9,11-18H,7,10,19-21H2,1-3H3. The van der Waals surface area contributed by atoms with Crippen LogP contribution >= 0.6 is 69.6 Å². The number of Topliss-reactive ketones (excluding diaryl/α,β-unsaturated/α-hetero) is 1. The van der Waals surface area contributed by atoms with Gasteiger partial charge in [-0.2, -0.15) is 0 Å². The zero-order valence-electron chi connectivity index (χ0n) is 25.8. The Morgan fingerprint density at radius 2 is 1.51 bits per heavy atom. The Morgan fingerprint density at radius 3 is 2.06 bits per heavy atom. The number of halogens is 6. The van der Waals surface area contributed by atoms with Crippen molar-refractivity contribution in [1.29, 1.82) is 0 Å². The zero-order valence-corrected chi connectivity index (χ0v) is 30.4. The second-order valence-corrected chi connectivity index (χ2v) is 16.1. The molecule has 3 aromatic rings. The number of carbonyl (C=O) groups is 2. The van der Waals surface area contributed by atoms with E-state index in [0.29, 0.717) is 24.3 Å². The highest BCUT2D eigenvalue weighted by molar-refractivity contribution is 6.67. The molecule has 0 aliphatic heterocycles. The van der Waals surface area contributed by atoms with Crippen LogP contribution in [-0.2, 0) is 17.2 Å². The van der Waals surface area contributed by atoms with Crippen molar-refractivity contribution >= 4 is 93.1 Å². The largest absolute Gasteiger partial charge is 0.427 e. The van der Waals surface area contributed by atoms with E-state index in [9.17, 15) is 9.59 Å². The van der Waals surface area contributed by atoms with Gasteiger partial charge in [-0.25, -0.2) is 15.0 Å². The van der Waals surface area contributed by atoms with Gasteiger partial charge in [0.2, 0.25) is 7.59 Å². The van der Waals surface area contributed by atoms with E-state index in [1.165, 1.54) is 0 Å². The molecule has 0 saturated heterocycles. The van der Waals surface area contributed by atoms with Crippen molar-refractivity contribution in [3.05, 3.63) is 95.6 Å². The lowest BCUT2D eigenvalue weighted by atomic mass is 9.90. The first-order chi connectivity index (χ1) is 22.0. The van der Waals surface area contributed by atoms with Crippen LogP contribution in [-0.4, -0.2) is 40.3 Å². The van der Waals surface area contributed by atoms with Crippen LogP contribution in [0.2, 0.25) is 0 Å². The van der Waals surface area contributed by atoms with Gasteiger partial charge in [0.25, 0.3) is 0 Å². The van der Waals surface area contributed by atoms with Crippen molar-refractivity contribution in [3.63, 3.8) is 0 Å². The molecule has 0 N–H and O–H groups in total. The molecule has 1 aliphatic rings. The Kier molecular flexibility index (Phi) is 12.4. The highest BCUT2D eigenvalue weighted by atomic mass is 35.6. The molecule has 1 fully saturated rings. The number of allylic oxidation sites excluding steroid dienone is 5. The van der Waals surface area contributed by atoms with Gasteiger partial charge in [-0.05, 0) is 66.8 Å². The van der Waals surface area contributed by atoms with E-state index in [2.05, 4.69) is 19.9 Å². The van der Waals surface area contributed by atoms with Crippen LogP contribution in [0.5, 0.6) is 5.75 Å². The summed E-state index contributed by atoms with van der Waals surface area (Å²) >= 11 is 35.7. The van der Waals surface area contributed by atoms with E-state index in [1.807, 2.05) is 75.5 Å². The molecule has 1 saturated carbocycles. The summed E-state index contributed by atoms with van der Waals surface area (Å²) in [5.74, 6) is -0.0844. The Morgan fingerprint density at radius 1 is 0.894 bits per heavy atom. The molecule has 1 heterocycles. The summed E-state index contributed by atoms with van der Waals surface area (Å²) in [6.07, 6.45) is 12.3. The molecule has 0 atom stereocenters. The summed E-state index contributed by atoms with van der Waals surface area (Å²) in [5.41, 5.74) is 3.23. The molecule has 13 heteroatoms. The average molecular weight is 757 g/mol. The molecule has 2 aromatic carbocycles. The molecule has 1 aromatic heterocycles. The number of rotatable bonds is 10. The van der Waals surface area contributed by atoms with Gasteiger partial charge >= 0.3 is 5.97 Å². The van der Waals surface area contributed by atoms with Crippen LogP contribution in [0.25, 0.3) is 17.5 Å². The minimum atomic E-state index is -1.97. The molecule has 0 amide bonds. The van der Waals surface area contributed by atoms with Crippen LogP contribution in [0.4, 0.5) is 5.69 Å². The molecule has 0 unspecified atom stereocenters. The number of carbonyl (C=O) groups excluding carboxylic acids is 2. The van der Waals surface area contributed by atoms with Crippen molar-refractivity contribution in [2.45, 2.75) is 47.1 Å². The lowest BCUT2D eigenvalue weighted by Crippen LogP contribution is -2.20. The summed E-state index contributed by atoms with van der Waals surface area (Å²) in [5, 5.41) is 0. The van der Waals surface area contributed by atoms with Crippen LogP contribution in [0.15, 0.2) is 78.4 Å². The maximum atomic E-state index is 12.5. The summed E-state index contributed by atoms with van der Waals surface area (Å²) in [7, 11) is 1.97. The number of alkyl halides is 6. The van der Waals surface area contributed by atoms with Crippen molar-refractivity contribution in [1.82, 2.24) is 15.0 Å². The first-order valence-corrected chi connectivity index (χ1v) is 16.9. The fourth-order valence-corrected chi connectivity index (χ4v) is 5.22. The van der Waals surface area contributed by atoms with E-state index in [1.54, 1.807) is 24.3 Å². The van der Waals surface area contributed by atoms with Crippen LogP contribution in [0.3, 0.4) is 0 Å². The van der Waals surface area contributed by atoms with Crippen LogP contribution in [0, 0.1) is 5.41 Å². The van der Waals surface area contributed by atoms with Gasteiger partial charge in [-0.15, -0.1) is 0 Å². The number of anilines is 1. The molecule has 0 spiro atoms. The fourth-order valence-electron chi connectivity index (χ4n) is 4.71. The number of aromatic nitrogens is 3. The fraction of sp³-hybridized carbons (Fsp3) is 0.324. The first kappa shape index (κ1) is 37.2. The maximum Gasteiger partial charge on any atom is 0.311 e. The van der Waals surface area contributed by atoms with Gasteiger partial charge in [0, 0.05) is 36.7 Å². The minimum Gasteiger partial charge on any atom is -0.427 e. The molecule has 1 aliphatic carbocycles. The lowest BCUT2D eigenvalue weighted by Gasteiger charge is -2.19. The number of hydrogen-bond donors (Lipinski definition) is 0. The predicted molar refractivity (Wildman–Crippen MR) is 193 cm³/mol. The average Bonchev–Trinajstić information content (AvgIpc) is 3.27. The summed E-state index contributed by atoms with van der Waals surface area (Å²) < 4.78 is 1.55. The quantitative estimate of drug-likeness (QED) is 0.0670. The van der Waals surface area contributed by atoms with Crippen molar-refractivity contribution in [2.75, 3.05) is 18.5 Å². The minimum absolute atomic E-state index is 0.111. The van der Waals surface area contributed by atoms with Crippen LogP contribution < -0.4 is 9.64 Å². The number of esters is 1. The Labute approximate surface area is 304 Å². The number of hydrogen-bond acceptors (Lipinski definition) is 7. The summed E-state index contributed by atoms with van der Waals surface area (Å²) in [6, 6.07) is 14.6. The number of ether oxygens (including phenoxy) is 1. The molecule has 7 nitrogen and oxygen atoms in total. The topological polar surface area (TPSA) is 85.3 Å². The molecule has 248 valence electrons. The summed E-state index contributed by atoms with van der Waals surface area (Å²) in [6.45, 7) is 4.66. The van der Waals surface area contributed by atoms with Gasteiger partial charge < -0.3 is 9.64 Å². The summed E-state index contributed by atoms with van der Waals surface area (Å²) in [4.78, 5) is 39.2. The lowest BCUT2D eigenvalue weighted by molar-refractivity contribution is -0.134. The van der Waals surface area contributed by atoms with Gasteiger partial charge in [0.15, 0.2) is 23.3 Å². The van der Waals surface area contributed by atoms with E-state index in [-0.39, 0.29) is 41.1 Å². The van der Waals surface area contributed by atoms with Crippen molar-refractivity contribution < 1.29 is 14.3 Å². The van der Waals surface area contributed by atoms with Crippen LogP contribution in [0.1, 0.15) is 56.7 Å². The highest BCUT2D eigenvalue weighted by Crippen LogP contribution is 2.41. The third-order valence-corrected chi connectivity index (χ3v) is 8.44.